The van der Waals surface area contributed by atoms with Gasteiger partial charge in [-0.2, -0.15) is 0 Å². The molecule has 8 heteroatoms. The van der Waals surface area contributed by atoms with Crippen molar-refractivity contribution in [3.63, 3.8) is 0 Å². The summed E-state index contributed by atoms with van der Waals surface area (Å²) in [4.78, 5) is 36.8. The summed E-state index contributed by atoms with van der Waals surface area (Å²) in [5.41, 5.74) is 1.83. The Hall–Kier alpha value is -2.61. The van der Waals surface area contributed by atoms with Gasteiger partial charge in [0.15, 0.2) is 0 Å². The third kappa shape index (κ3) is 5.96. The van der Waals surface area contributed by atoms with Crippen molar-refractivity contribution in [1.29, 1.82) is 0 Å². The van der Waals surface area contributed by atoms with Gasteiger partial charge in [-0.25, -0.2) is 4.79 Å². The van der Waals surface area contributed by atoms with E-state index in [-0.39, 0.29) is 12.3 Å². The third-order valence-electron chi connectivity index (χ3n) is 4.47. The van der Waals surface area contributed by atoms with Gasteiger partial charge in [0.2, 0.25) is 5.91 Å². The quantitative estimate of drug-likeness (QED) is 0.645. The Morgan fingerprint density at radius 1 is 1.30 bits per heavy atom. The lowest BCUT2D eigenvalue weighted by Gasteiger charge is -2.30. The summed E-state index contributed by atoms with van der Waals surface area (Å²) < 4.78 is 5.07. The second-order valence-corrected chi connectivity index (χ2v) is 7.24. The van der Waals surface area contributed by atoms with Crippen LogP contribution in [0.4, 0.5) is 16.2 Å². The maximum atomic E-state index is 12.2. The average molecular weight is 377 g/mol. The van der Waals surface area contributed by atoms with Gasteiger partial charge in [-0.15, -0.1) is 0 Å². The van der Waals surface area contributed by atoms with Crippen LogP contribution in [0.3, 0.4) is 0 Å². The molecule has 0 saturated heterocycles. The number of benzene rings is 1. The number of nitrogens with zero attached hydrogens (tertiary/aromatic N) is 1. The van der Waals surface area contributed by atoms with Gasteiger partial charge in [0.05, 0.1) is 6.61 Å². The number of carboxylic acid groups (broad SMARTS) is 1. The molecule has 0 radical (unpaired) electrons. The minimum atomic E-state index is -0.896. The molecule has 0 saturated carbocycles. The molecule has 3 amide bonds. The number of anilines is 2. The van der Waals surface area contributed by atoms with E-state index in [1.807, 2.05) is 12.1 Å². The molecular formula is C19H27N3O5. The molecule has 2 rings (SSSR count). The highest BCUT2D eigenvalue weighted by atomic mass is 16.5. The van der Waals surface area contributed by atoms with E-state index in [0.717, 1.165) is 11.3 Å². The highest BCUT2D eigenvalue weighted by molar-refractivity contribution is 5.97. The van der Waals surface area contributed by atoms with Crippen LogP contribution >= 0.6 is 0 Å². The highest BCUT2D eigenvalue weighted by Gasteiger charge is 2.25. The zero-order valence-corrected chi connectivity index (χ0v) is 16.0. The second kappa shape index (κ2) is 8.85. The molecule has 8 nitrogen and oxygen atoms in total. The Labute approximate surface area is 158 Å². The van der Waals surface area contributed by atoms with Crippen molar-refractivity contribution in [1.82, 2.24) is 5.32 Å². The summed E-state index contributed by atoms with van der Waals surface area (Å²) in [7, 11) is 1.60. The van der Waals surface area contributed by atoms with Crippen LogP contribution in [0, 0.1) is 0 Å². The number of methoxy groups -OCH3 is 1. The number of amides is 3. The Morgan fingerprint density at radius 3 is 2.70 bits per heavy atom. The van der Waals surface area contributed by atoms with Crippen LogP contribution < -0.4 is 15.5 Å². The molecule has 0 fully saturated rings. The largest absolute Gasteiger partial charge is 0.481 e. The van der Waals surface area contributed by atoms with Crippen molar-refractivity contribution < 1.29 is 24.2 Å². The van der Waals surface area contributed by atoms with E-state index < -0.39 is 17.5 Å². The Kier molecular flexibility index (Phi) is 6.79. The third-order valence-corrected chi connectivity index (χ3v) is 4.47. The van der Waals surface area contributed by atoms with Crippen molar-refractivity contribution in [2.45, 2.75) is 45.1 Å². The maximum absolute atomic E-state index is 12.2. The fourth-order valence-corrected chi connectivity index (χ4v) is 3.02. The second-order valence-electron chi connectivity index (χ2n) is 7.24. The van der Waals surface area contributed by atoms with Crippen molar-refractivity contribution in [3.05, 3.63) is 23.8 Å². The van der Waals surface area contributed by atoms with Gasteiger partial charge in [0, 0.05) is 43.4 Å². The number of aryl methyl sites for hydroxylation is 1. The molecule has 0 atom stereocenters. The Balaban J connectivity index is 2.03. The van der Waals surface area contributed by atoms with E-state index in [2.05, 4.69) is 10.6 Å². The first-order valence-corrected chi connectivity index (χ1v) is 8.95. The van der Waals surface area contributed by atoms with Crippen molar-refractivity contribution in [2.75, 3.05) is 30.5 Å². The van der Waals surface area contributed by atoms with Crippen LogP contribution in [-0.2, 0) is 20.7 Å². The molecular weight excluding hydrogens is 350 g/mol. The SMILES string of the molecule is COCCN1C(=O)CCc2cc(NC(=O)NC(C)(C)CCC(=O)O)ccc21. The molecule has 1 heterocycles. The number of carboxylic acids is 1. The van der Waals surface area contributed by atoms with Crippen molar-refractivity contribution in [2.24, 2.45) is 0 Å². The highest BCUT2D eigenvalue weighted by Crippen LogP contribution is 2.30. The fraction of sp³-hybridized carbons (Fsp3) is 0.526. The number of carbonyl (C=O) groups excluding carboxylic acids is 2. The molecule has 1 aromatic carbocycles. The van der Waals surface area contributed by atoms with E-state index in [4.69, 9.17) is 9.84 Å². The molecule has 27 heavy (non-hydrogen) atoms. The van der Waals surface area contributed by atoms with Gasteiger partial charge < -0.3 is 25.4 Å². The standard InChI is InChI=1S/C19H27N3O5/c1-19(2,9-8-17(24)25)21-18(26)20-14-5-6-15-13(12-14)4-7-16(23)22(15)10-11-27-3/h5-6,12H,4,7-11H2,1-3H3,(H,24,25)(H2,20,21,26). The zero-order chi connectivity index (χ0) is 20.0. The van der Waals surface area contributed by atoms with Crippen LogP contribution in [0.25, 0.3) is 0 Å². The van der Waals surface area contributed by atoms with Gasteiger partial charge in [-0.05, 0) is 50.5 Å². The number of fused-ring (bicyclic) bond motifs is 1. The number of aliphatic carboxylic acids is 1. The van der Waals surface area contributed by atoms with E-state index in [1.165, 1.54) is 0 Å². The summed E-state index contributed by atoms with van der Waals surface area (Å²) >= 11 is 0. The lowest BCUT2D eigenvalue weighted by Crippen LogP contribution is -2.45. The average Bonchev–Trinajstić information content (AvgIpc) is 2.59. The van der Waals surface area contributed by atoms with Crippen LogP contribution in [0.2, 0.25) is 0 Å². The van der Waals surface area contributed by atoms with Gasteiger partial charge >= 0.3 is 12.0 Å². The molecule has 0 bridgehead atoms. The zero-order valence-electron chi connectivity index (χ0n) is 16.0. The Bertz CT molecular complexity index is 717. The number of urea groups is 1. The molecule has 0 spiro atoms. The minimum absolute atomic E-state index is 0.0164. The molecule has 0 aromatic heterocycles. The summed E-state index contributed by atoms with van der Waals surface area (Å²) in [5, 5.41) is 14.4. The fourth-order valence-electron chi connectivity index (χ4n) is 3.02. The lowest BCUT2D eigenvalue weighted by molar-refractivity contribution is -0.137. The van der Waals surface area contributed by atoms with Gasteiger partial charge in [0.25, 0.3) is 0 Å². The Morgan fingerprint density at radius 2 is 2.04 bits per heavy atom. The number of hydrogen-bond donors (Lipinski definition) is 3. The lowest BCUT2D eigenvalue weighted by atomic mass is 9.98. The first-order chi connectivity index (χ1) is 12.7. The normalized spacial score (nSPS) is 13.9. The molecule has 0 aliphatic carbocycles. The predicted molar refractivity (Wildman–Crippen MR) is 102 cm³/mol. The van der Waals surface area contributed by atoms with Crippen LogP contribution in [0.5, 0.6) is 0 Å². The van der Waals surface area contributed by atoms with Crippen molar-refractivity contribution in [3.8, 4) is 0 Å². The van der Waals surface area contributed by atoms with E-state index in [0.29, 0.717) is 38.1 Å². The van der Waals surface area contributed by atoms with Gasteiger partial charge in [-0.3, -0.25) is 9.59 Å². The first kappa shape index (κ1) is 20.7. The smallest absolute Gasteiger partial charge is 0.319 e. The van der Waals surface area contributed by atoms with Gasteiger partial charge in [-0.1, -0.05) is 0 Å². The molecule has 1 aliphatic heterocycles. The molecule has 148 valence electrons. The summed E-state index contributed by atoms with van der Waals surface area (Å²) in [5.74, 6) is -0.828. The topological polar surface area (TPSA) is 108 Å². The first-order valence-electron chi connectivity index (χ1n) is 8.95. The van der Waals surface area contributed by atoms with E-state index in [9.17, 15) is 14.4 Å². The number of hydrogen-bond acceptors (Lipinski definition) is 4. The molecule has 3 N–H and O–H groups in total. The molecule has 1 aromatic rings. The maximum Gasteiger partial charge on any atom is 0.319 e. The number of rotatable bonds is 8. The number of ether oxygens (including phenoxy) is 1. The summed E-state index contributed by atoms with van der Waals surface area (Å²) in [6, 6.07) is 5.05. The van der Waals surface area contributed by atoms with E-state index in [1.54, 1.807) is 31.9 Å². The van der Waals surface area contributed by atoms with E-state index >= 15 is 0 Å². The van der Waals surface area contributed by atoms with Crippen molar-refractivity contribution >= 4 is 29.3 Å². The number of carbonyl (C=O) groups is 3. The van der Waals surface area contributed by atoms with Crippen LogP contribution in [-0.4, -0.2) is 48.8 Å². The number of nitrogens with one attached hydrogen (secondary N) is 2. The summed E-state index contributed by atoms with van der Waals surface area (Å²) in [6.07, 6.45) is 1.36. The van der Waals surface area contributed by atoms with Crippen LogP contribution in [0.1, 0.15) is 38.7 Å². The molecule has 0 unspecified atom stereocenters. The monoisotopic (exact) mass is 377 g/mol. The van der Waals surface area contributed by atoms with Gasteiger partial charge in [0.1, 0.15) is 0 Å². The summed E-state index contributed by atoms with van der Waals surface area (Å²) in [6.45, 7) is 4.51. The minimum Gasteiger partial charge on any atom is -0.481 e. The predicted octanol–water partition coefficient (Wildman–Crippen LogP) is 2.38. The molecule has 1 aliphatic rings. The van der Waals surface area contributed by atoms with Crippen LogP contribution in [0.15, 0.2) is 18.2 Å².